The summed E-state index contributed by atoms with van der Waals surface area (Å²) in [5.41, 5.74) is 4.20. The lowest BCUT2D eigenvalue weighted by Crippen LogP contribution is -2.60. The molecule has 0 aliphatic carbocycles. The van der Waals surface area contributed by atoms with Crippen molar-refractivity contribution in [3.8, 4) is 0 Å². The number of benzene rings is 3. The molecule has 0 unspecified atom stereocenters. The second kappa shape index (κ2) is 10.7. The third-order valence-corrected chi connectivity index (χ3v) is 9.59. The number of rotatable bonds is 7. The predicted molar refractivity (Wildman–Crippen MR) is 136 cm³/mol. The molecule has 1 N–H and O–H groups in total. The van der Waals surface area contributed by atoms with Gasteiger partial charge < -0.3 is 0 Å². The number of amides is 1. The van der Waals surface area contributed by atoms with Gasteiger partial charge in [0, 0.05) is 19.6 Å². The summed E-state index contributed by atoms with van der Waals surface area (Å²) >= 11 is 0. The van der Waals surface area contributed by atoms with E-state index in [1.165, 1.54) is 30.5 Å². The zero-order valence-corrected chi connectivity index (χ0v) is 21.2. The van der Waals surface area contributed by atoms with Gasteiger partial charge in [-0.2, -0.15) is 13.7 Å². The minimum Gasteiger partial charge on any atom is -0.271 e. The van der Waals surface area contributed by atoms with Crippen molar-refractivity contribution in [2.75, 3.05) is 19.6 Å². The smallest absolute Gasteiger partial charge is 0.259 e. The Bertz CT molecular complexity index is 1440. The normalized spacial score (nSPS) is 17.8. The molecular weight excluding hydrogens is 500 g/mol. The van der Waals surface area contributed by atoms with Gasteiger partial charge in [-0.05, 0) is 36.8 Å². The number of sulfonamides is 2. The molecule has 3 aromatic carbocycles. The van der Waals surface area contributed by atoms with Crippen LogP contribution in [0.2, 0.25) is 0 Å². The molecule has 11 heteroatoms. The van der Waals surface area contributed by atoms with Crippen LogP contribution in [-0.2, 0) is 24.8 Å². The van der Waals surface area contributed by atoms with E-state index in [9.17, 15) is 21.6 Å². The van der Waals surface area contributed by atoms with Gasteiger partial charge in [0.15, 0.2) is 0 Å². The Morgan fingerprint density at radius 1 is 0.833 bits per heavy atom. The lowest BCUT2D eigenvalue weighted by molar-refractivity contribution is -0.125. The first-order chi connectivity index (χ1) is 17.2. The summed E-state index contributed by atoms with van der Waals surface area (Å²) in [7, 11) is -8.01. The Kier molecular flexibility index (Phi) is 7.65. The van der Waals surface area contributed by atoms with Gasteiger partial charge in [0.05, 0.1) is 16.0 Å². The topological polar surface area (TPSA) is 116 Å². The van der Waals surface area contributed by atoms with Crippen LogP contribution >= 0.6 is 0 Å². The maximum absolute atomic E-state index is 13.4. The summed E-state index contributed by atoms with van der Waals surface area (Å²) in [6, 6.07) is 21.7. The van der Waals surface area contributed by atoms with E-state index in [-0.39, 0.29) is 29.4 Å². The Morgan fingerprint density at radius 3 is 1.97 bits per heavy atom. The van der Waals surface area contributed by atoms with Crippen molar-refractivity contribution >= 4 is 32.2 Å². The summed E-state index contributed by atoms with van der Waals surface area (Å²) in [6.45, 7) is 1.31. The van der Waals surface area contributed by atoms with Gasteiger partial charge in [-0.1, -0.05) is 66.2 Å². The van der Waals surface area contributed by atoms with E-state index >= 15 is 0 Å². The number of aryl methyl sites for hydroxylation is 1. The van der Waals surface area contributed by atoms with Crippen molar-refractivity contribution in [1.29, 1.82) is 0 Å². The van der Waals surface area contributed by atoms with Crippen LogP contribution < -0.4 is 5.43 Å². The highest BCUT2D eigenvalue weighted by molar-refractivity contribution is 7.89. The molecule has 9 nitrogen and oxygen atoms in total. The number of hydrogen-bond acceptors (Lipinski definition) is 6. The minimum atomic E-state index is -4.07. The maximum atomic E-state index is 13.4. The largest absolute Gasteiger partial charge is 0.271 e. The number of hydrogen-bond donors (Lipinski definition) is 1. The summed E-state index contributed by atoms with van der Waals surface area (Å²) in [6.07, 6.45) is 1.44. The fourth-order valence-electron chi connectivity index (χ4n) is 3.83. The van der Waals surface area contributed by atoms with E-state index in [1.54, 1.807) is 36.4 Å². The average Bonchev–Trinajstić information content (AvgIpc) is 2.90. The van der Waals surface area contributed by atoms with Crippen LogP contribution in [0.1, 0.15) is 11.1 Å². The quantitative estimate of drug-likeness (QED) is 0.374. The molecule has 0 aromatic heterocycles. The molecule has 0 spiro atoms. The summed E-state index contributed by atoms with van der Waals surface area (Å²) in [4.78, 5) is 13.3. The van der Waals surface area contributed by atoms with Crippen LogP contribution in [0.15, 0.2) is 99.8 Å². The number of piperazine rings is 1. The summed E-state index contributed by atoms with van der Waals surface area (Å²) in [5, 5.41) is 3.97. The van der Waals surface area contributed by atoms with Gasteiger partial charge in [0.25, 0.3) is 5.91 Å². The van der Waals surface area contributed by atoms with E-state index < -0.39 is 32.0 Å². The van der Waals surface area contributed by atoms with E-state index in [0.29, 0.717) is 0 Å². The third-order valence-electron chi connectivity index (χ3n) is 5.79. The molecule has 1 fully saturated rings. The van der Waals surface area contributed by atoms with Gasteiger partial charge in [0.2, 0.25) is 20.0 Å². The average molecular weight is 527 g/mol. The molecule has 1 aliphatic rings. The minimum absolute atomic E-state index is 0.0188. The third kappa shape index (κ3) is 5.54. The Hall–Kier alpha value is -3.38. The van der Waals surface area contributed by atoms with Crippen LogP contribution in [0, 0.1) is 6.92 Å². The van der Waals surface area contributed by atoms with Gasteiger partial charge in [0.1, 0.15) is 6.04 Å². The Morgan fingerprint density at radius 2 is 1.39 bits per heavy atom. The van der Waals surface area contributed by atoms with Gasteiger partial charge >= 0.3 is 0 Å². The number of hydrazone groups is 1. The molecule has 0 radical (unpaired) electrons. The van der Waals surface area contributed by atoms with Gasteiger partial charge in [-0.15, -0.1) is 0 Å². The highest BCUT2D eigenvalue weighted by Crippen LogP contribution is 2.25. The molecule has 36 heavy (non-hydrogen) atoms. The van der Waals surface area contributed by atoms with Crippen LogP contribution in [0.25, 0.3) is 0 Å². The van der Waals surface area contributed by atoms with Crippen molar-refractivity contribution < 1.29 is 21.6 Å². The van der Waals surface area contributed by atoms with Gasteiger partial charge in [-0.25, -0.2) is 22.3 Å². The number of nitrogens with zero attached hydrogens (tertiary/aromatic N) is 3. The first kappa shape index (κ1) is 25.7. The van der Waals surface area contributed by atoms with Gasteiger partial charge in [-0.3, -0.25) is 4.79 Å². The molecule has 188 valence electrons. The van der Waals surface area contributed by atoms with Crippen molar-refractivity contribution in [3.05, 3.63) is 96.1 Å². The maximum Gasteiger partial charge on any atom is 0.259 e. The van der Waals surface area contributed by atoms with Crippen molar-refractivity contribution in [1.82, 2.24) is 14.0 Å². The van der Waals surface area contributed by atoms with E-state index in [0.717, 1.165) is 19.7 Å². The number of carbonyl (C=O) groups is 1. The molecule has 0 bridgehead atoms. The Labute approximate surface area is 211 Å². The second-order valence-electron chi connectivity index (χ2n) is 8.27. The molecule has 0 saturated carbocycles. The van der Waals surface area contributed by atoms with Crippen LogP contribution in [0.3, 0.4) is 0 Å². The summed E-state index contributed by atoms with van der Waals surface area (Å²) in [5.74, 6) is -0.731. The Balaban J connectivity index is 1.62. The fraction of sp³-hybridized carbons (Fsp3) is 0.200. The van der Waals surface area contributed by atoms with Crippen LogP contribution in [0.5, 0.6) is 0 Å². The molecule has 1 heterocycles. The lowest BCUT2D eigenvalue weighted by Gasteiger charge is -2.38. The van der Waals surface area contributed by atoms with Crippen molar-refractivity contribution in [3.63, 3.8) is 0 Å². The zero-order chi connectivity index (χ0) is 25.8. The number of nitrogens with one attached hydrogen (secondary N) is 1. The van der Waals surface area contributed by atoms with E-state index in [4.69, 9.17) is 0 Å². The molecule has 4 rings (SSSR count). The predicted octanol–water partition coefficient (Wildman–Crippen LogP) is 2.21. The monoisotopic (exact) mass is 526 g/mol. The highest BCUT2D eigenvalue weighted by atomic mass is 32.2. The first-order valence-electron chi connectivity index (χ1n) is 11.2. The van der Waals surface area contributed by atoms with E-state index in [1.807, 2.05) is 31.2 Å². The molecular formula is C25H26N4O5S2. The fourth-order valence-corrected chi connectivity index (χ4v) is 6.88. The molecule has 1 amide bonds. The SMILES string of the molecule is Cc1ccc(/C=N/NC(=O)[C@@H]2CN(S(=O)(=O)c3ccccc3)CCN2S(=O)(=O)c2ccccc2)cc1. The van der Waals surface area contributed by atoms with E-state index in [2.05, 4.69) is 10.5 Å². The van der Waals surface area contributed by atoms with Crippen molar-refractivity contribution in [2.45, 2.75) is 22.8 Å². The molecule has 1 aliphatic heterocycles. The zero-order valence-electron chi connectivity index (χ0n) is 19.6. The molecule has 1 atom stereocenters. The van der Waals surface area contributed by atoms with Crippen LogP contribution in [-0.4, -0.2) is 63.2 Å². The molecule has 1 saturated heterocycles. The standard InChI is InChI=1S/C25H26N4O5S2/c1-20-12-14-21(15-13-20)18-26-27-25(30)24-19-28(35(31,32)22-8-4-2-5-9-22)16-17-29(24)36(33,34)23-10-6-3-7-11-23/h2-15,18,24H,16-17,19H2,1H3,(H,27,30)/b26-18+/t24-/m0/s1. The lowest BCUT2D eigenvalue weighted by atomic mass is 10.2. The van der Waals surface area contributed by atoms with Crippen LogP contribution in [0.4, 0.5) is 0 Å². The van der Waals surface area contributed by atoms with Crippen molar-refractivity contribution in [2.24, 2.45) is 5.10 Å². The number of carbonyl (C=O) groups excluding carboxylic acids is 1. The molecule has 3 aromatic rings. The summed E-state index contributed by atoms with van der Waals surface area (Å²) < 4.78 is 55.4. The second-order valence-corrected chi connectivity index (χ2v) is 12.1. The highest BCUT2D eigenvalue weighted by Gasteiger charge is 2.43. The first-order valence-corrected chi connectivity index (χ1v) is 14.1.